The second-order valence-electron chi connectivity index (χ2n) is 4.93. The minimum atomic E-state index is -0.547. The summed E-state index contributed by atoms with van der Waals surface area (Å²) in [6.45, 7) is 4.23. The Bertz CT molecular complexity index is 441. The van der Waals surface area contributed by atoms with Gasteiger partial charge in [0.05, 0.1) is 6.10 Å². The molecule has 0 aromatic heterocycles. The zero-order valence-electron chi connectivity index (χ0n) is 11.2. The van der Waals surface area contributed by atoms with E-state index < -0.39 is 12.0 Å². The van der Waals surface area contributed by atoms with Crippen LogP contribution in [0.25, 0.3) is 0 Å². The molecule has 19 heavy (non-hydrogen) atoms. The van der Waals surface area contributed by atoms with Crippen LogP contribution in [0.2, 0.25) is 0 Å². The average molecular weight is 264 g/mol. The lowest BCUT2D eigenvalue weighted by Crippen LogP contribution is -2.32. The van der Waals surface area contributed by atoms with E-state index in [-0.39, 0.29) is 12.5 Å². The predicted molar refractivity (Wildman–Crippen MR) is 72.8 cm³/mol. The number of aliphatic hydroxyl groups excluding tert-OH is 1. The number of carbonyl (C=O) groups is 2. The Morgan fingerprint density at radius 2 is 1.74 bits per heavy atom. The van der Waals surface area contributed by atoms with Gasteiger partial charge in [0.2, 0.25) is 5.91 Å². The van der Waals surface area contributed by atoms with E-state index in [0.717, 1.165) is 0 Å². The van der Waals surface area contributed by atoms with Crippen molar-refractivity contribution in [3.8, 4) is 0 Å². The van der Waals surface area contributed by atoms with E-state index in [4.69, 9.17) is 5.73 Å². The summed E-state index contributed by atoms with van der Waals surface area (Å²) in [6.07, 6.45) is 0.0924. The third kappa shape index (κ3) is 5.09. The summed E-state index contributed by atoms with van der Waals surface area (Å²) in [4.78, 5) is 22.7. The minimum absolute atomic E-state index is 0.217. The highest BCUT2D eigenvalue weighted by Gasteiger charge is 2.10. The molecular formula is C14H20N2O3. The van der Waals surface area contributed by atoms with Gasteiger partial charge in [-0.1, -0.05) is 13.8 Å². The van der Waals surface area contributed by atoms with Gasteiger partial charge >= 0.3 is 0 Å². The lowest BCUT2D eigenvalue weighted by atomic mass is 10.1. The highest BCUT2D eigenvalue weighted by molar-refractivity contribution is 5.97. The number of hydrogen-bond donors (Lipinski definition) is 3. The Morgan fingerprint density at radius 1 is 1.21 bits per heavy atom. The van der Waals surface area contributed by atoms with E-state index in [9.17, 15) is 14.7 Å². The first kappa shape index (κ1) is 15.2. The third-order valence-corrected chi connectivity index (χ3v) is 2.67. The molecule has 4 N–H and O–H groups in total. The Labute approximate surface area is 112 Å². The molecule has 0 spiro atoms. The van der Waals surface area contributed by atoms with Gasteiger partial charge in [0.25, 0.3) is 5.91 Å². The van der Waals surface area contributed by atoms with Crippen molar-refractivity contribution in [2.24, 2.45) is 11.7 Å². The molecule has 1 atom stereocenters. The number of primary amides is 1. The topological polar surface area (TPSA) is 92.4 Å². The van der Waals surface area contributed by atoms with Crippen molar-refractivity contribution < 1.29 is 14.7 Å². The molecule has 0 bridgehead atoms. The maximum atomic E-state index is 11.8. The highest BCUT2D eigenvalue weighted by atomic mass is 16.3. The monoisotopic (exact) mass is 264 g/mol. The van der Waals surface area contributed by atoms with Gasteiger partial charge in [-0.3, -0.25) is 9.59 Å². The normalized spacial score (nSPS) is 12.2. The first-order valence-corrected chi connectivity index (χ1v) is 6.26. The molecule has 0 fully saturated rings. The average Bonchev–Trinajstić information content (AvgIpc) is 2.35. The summed E-state index contributed by atoms with van der Waals surface area (Å²) in [5, 5.41) is 12.3. The first-order chi connectivity index (χ1) is 8.90. The summed E-state index contributed by atoms with van der Waals surface area (Å²) < 4.78 is 0. The maximum Gasteiger partial charge on any atom is 0.251 e. The summed E-state index contributed by atoms with van der Waals surface area (Å²) >= 11 is 0. The van der Waals surface area contributed by atoms with Gasteiger partial charge in [0.15, 0.2) is 0 Å². The van der Waals surface area contributed by atoms with Crippen LogP contribution in [0.3, 0.4) is 0 Å². The molecule has 1 aromatic carbocycles. The molecule has 0 aliphatic carbocycles. The van der Waals surface area contributed by atoms with Crippen molar-refractivity contribution in [2.45, 2.75) is 26.4 Å². The lowest BCUT2D eigenvalue weighted by Gasteiger charge is -2.13. The van der Waals surface area contributed by atoms with Crippen LogP contribution >= 0.6 is 0 Å². The van der Waals surface area contributed by atoms with Crippen molar-refractivity contribution in [1.29, 1.82) is 0 Å². The van der Waals surface area contributed by atoms with Gasteiger partial charge in [0.1, 0.15) is 0 Å². The van der Waals surface area contributed by atoms with Crippen LogP contribution in [0.1, 0.15) is 41.0 Å². The molecule has 5 nitrogen and oxygen atoms in total. The minimum Gasteiger partial charge on any atom is -0.391 e. The fourth-order valence-corrected chi connectivity index (χ4v) is 1.73. The molecule has 5 heteroatoms. The Hall–Kier alpha value is -1.88. The third-order valence-electron chi connectivity index (χ3n) is 2.67. The van der Waals surface area contributed by atoms with Gasteiger partial charge in [-0.2, -0.15) is 0 Å². The number of nitrogens with two attached hydrogens (primary N) is 1. The van der Waals surface area contributed by atoms with Crippen LogP contribution in [-0.4, -0.2) is 29.6 Å². The molecular weight excluding hydrogens is 244 g/mol. The van der Waals surface area contributed by atoms with Gasteiger partial charge in [-0.25, -0.2) is 0 Å². The number of carbonyl (C=O) groups excluding carboxylic acids is 2. The van der Waals surface area contributed by atoms with Crippen LogP contribution in [0.15, 0.2) is 24.3 Å². The first-order valence-electron chi connectivity index (χ1n) is 6.26. The second kappa shape index (κ2) is 6.89. The Balaban J connectivity index is 2.52. The molecule has 0 saturated carbocycles. The number of benzene rings is 1. The van der Waals surface area contributed by atoms with E-state index in [0.29, 0.717) is 23.5 Å². The Morgan fingerprint density at radius 3 is 2.21 bits per heavy atom. The quantitative estimate of drug-likeness (QED) is 0.713. The van der Waals surface area contributed by atoms with Gasteiger partial charge < -0.3 is 16.2 Å². The van der Waals surface area contributed by atoms with Crippen LogP contribution in [0.5, 0.6) is 0 Å². The smallest absolute Gasteiger partial charge is 0.251 e. The molecule has 104 valence electrons. The molecule has 0 saturated heterocycles. The predicted octanol–water partition coefficient (Wildman–Crippen LogP) is 0.922. The largest absolute Gasteiger partial charge is 0.391 e. The summed E-state index contributed by atoms with van der Waals surface area (Å²) in [6, 6.07) is 6.07. The standard InChI is InChI=1S/C14H20N2O3/c1-9(2)7-12(17)8-16-14(19)11-5-3-10(4-6-11)13(15)18/h3-6,9,12,17H,7-8H2,1-2H3,(H2,15,18)(H,16,19). The molecule has 1 aromatic rings. The van der Waals surface area contributed by atoms with Crippen LogP contribution in [-0.2, 0) is 0 Å². The fraction of sp³-hybridized carbons (Fsp3) is 0.429. The van der Waals surface area contributed by atoms with Gasteiger partial charge in [-0.15, -0.1) is 0 Å². The van der Waals surface area contributed by atoms with Gasteiger partial charge in [0, 0.05) is 17.7 Å². The number of nitrogens with one attached hydrogen (secondary N) is 1. The highest BCUT2D eigenvalue weighted by Crippen LogP contribution is 2.05. The van der Waals surface area contributed by atoms with Crippen LogP contribution in [0, 0.1) is 5.92 Å². The molecule has 0 aliphatic rings. The molecule has 1 unspecified atom stereocenters. The van der Waals surface area contributed by atoms with E-state index >= 15 is 0 Å². The molecule has 0 aliphatic heterocycles. The van der Waals surface area contributed by atoms with Crippen molar-refractivity contribution in [3.05, 3.63) is 35.4 Å². The fourth-order valence-electron chi connectivity index (χ4n) is 1.73. The molecule has 0 radical (unpaired) electrons. The SMILES string of the molecule is CC(C)CC(O)CNC(=O)c1ccc(C(N)=O)cc1. The summed E-state index contributed by atoms with van der Waals surface area (Å²) in [5.74, 6) is -0.431. The van der Waals surface area contributed by atoms with Crippen molar-refractivity contribution in [3.63, 3.8) is 0 Å². The van der Waals surface area contributed by atoms with E-state index in [1.807, 2.05) is 13.8 Å². The van der Waals surface area contributed by atoms with Crippen molar-refractivity contribution in [1.82, 2.24) is 5.32 Å². The number of aliphatic hydroxyl groups is 1. The zero-order valence-corrected chi connectivity index (χ0v) is 11.2. The molecule has 2 amide bonds. The Kier molecular flexibility index (Phi) is 5.51. The summed E-state index contributed by atoms with van der Waals surface area (Å²) in [5.41, 5.74) is 5.90. The van der Waals surface area contributed by atoms with E-state index in [1.54, 1.807) is 0 Å². The second-order valence-corrected chi connectivity index (χ2v) is 4.93. The lowest BCUT2D eigenvalue weighted by molar-refractivity contribution is 0.0899. The molecule has 0 heterocycles. The van der Waals surface area contributed by atoms with Crippen LogP contribution < -0.4 is 11.1 Å². The van der Waals surface area contributed by atoms with E-state index in [1.165, 1.54) is 24.3 Å². The molecule has 1 rings (SSSR count). The van der Waals surface area contributed by atoms with E-state index in [2.05, 4.69) is 5.32 Å². The van der Waals surface area contributed by atoms with Crippen molar-refractivity contribution >= 4 is 11.8 Å². The number of rotatable bonds is 6. The number of amides is 2. The number of hydrogen-bond acceptors (Lipinski definition) is 3. The maximum absolute atomic E-state index is 11.8. The van der Waals surface area contributed by atoms with Crippen LogP contribution in [0.4, 0.5) is 0 Å². The zero-order chi connectivity index (χ0) is 14.4. The van der Waals surface area contributed by atoms with Gasteiger partial charge in [-0.05, 0) is 36.6 Å². The summed E-state index contributed by atoms with van der Waals surface area (Å²) in [7, 11) is 0. The van der Waals surface area contributed by atoms with Crippen molar-refractivity contribution in [2.75, 3.05) is 6.54 Å².